The Bertz CT molecular complexity index is 262. The Kier molecular flexibility index (Phi) is 1.90. The summed E-state index contributed by atoms with van der Waals surface area (Å²) in [4.78, 5) is 11.5. The van der Waals surface area contributed by atoms with Crippen molar-refractivity contribution in [3.63, 3.8) is 0 Å². The second-order valence-electron chi connectivity index (χ2n) is 5.14. The van der Waals surface area contributed by atoms with Gasteiger partial charge in [-0.25, -0.2) is 9.18 Å². The van der Waals surface area contributed by atoms with E-state index in [4.69, 9.17) is 4.74 Å². The van der Waals surface area contributed by atoms with E-state index in [2.05, 4.69) is 5.32 Å². The van der Waals surface area contributed by atoms with Crippen molar-refractivity contribution in [1.29, 1.82) is 0 Å². The van der Waals surface area contributed by atoms with Crippen LogP contribution in [0.4, 0.5) is 4.39 Å². The van der Waals surface area contributed by atoms with Crippen LogP contribution in [-0.4, -0.2) is 30.3 Å². The third kappa shape index (κ3) is 1.32. The van der Waals surface area contributed by atoms with Gasteiger partial charge < -0.3 is 10.1 Å². The van der Waals surface area contributed by atoms with Gasteiger partial charge in [-0.3, -0.25) is 0 Å². The SMILES string of the molecule is CC(C)(C)OC(=O)C1(F)[C@@H]2CNC[C@@H]21. The maximum Gasteiger partial charge on any atom is 0.345 e. The summed E-state index contributed by atoms with van der Waals surface area (Å²) in [6.45, 7) is 6.46. The number of ether oxygens (including phenoxy) is 1. The molecule has 80 valence electrons. The Morgan fingerprint density at radius 3 is 2.36 bits per heavy atom. The van der Waals surface area contributed by atoms with Crippen LogP contribution >= 0.6 is 0 Å². The molecule has 1 unspecified atom stereocenters. The van der Waals surface area contributed by atoms with Gasteiger partial charge in [0.25, 0.3) is 0 Å². The number of nitrogens with one attached hydrogen (secondary N) is 1. The Morgan fingerprint density at radius 1 is 1.43 bits per heavy atom. The fourth-order valence-electron chi connectivity index (χ4n) is 2.13. The molecule has 1 heterocycles. The van der Waals surface area contributed by atoms with Crippen molar-refractivity contribution in [3.8, 4) is 0 Å². The lowest BCUT2D eigenvalue weighted by atomic mass is 10.1. The fourth-order valence-corrected chi connectivity index (χ4v) is 2.13. The minimum atomic E-state index is -1.70. The molecule has 0 aromatic rings. The molecule has 1 N–H and O–H groups in total. The number of carbonyl (C=O) groups excluding carboxylic acids is 1. The van der Waals surface area contributed by atoms with Crippen LogP contribution in [0.3, 0.4) is 0 Å². The van der Waals surface area contributed by atoms with E-state index in [9.17, 15) is 9.18 Å². The molecule has 0 radical (unpaired) electrons. The van der Waals surface area contributed by atoms with Crippen LogP contribution in [0.25, 0.3) is 0 Å². The summed E-state index contributed by atoms with van der Waals surface area (Å²) < 4.78 is 19.1. The highest BCUT2D eigenvalue weighted by atomic mass is 19.1. The van der Waals surface area contributed by atoms with Crippen molar-refractivity contribution in [2.75, 3.05) is 13.1 Å². The average molecular weight is 201 g/mol. The van der Waals surface area contributed by atoms with Crippen molar-refractivity contribution in [1.82, 2.24) is 5.32 Å². The molecule has 4 heteroatoms. The lowest BCUT2D eigenvalue weighted by molar-refractivity contribution is -0.164. The molecular weight excluding hydrogens is 185 g/mol. The van der Waals surface area contributed by atoms with E-state index in [1.54, 1.807) is 20.8 Å². The van der Waals surface area contributed by atoms with Gasteiger partial charge in [0.15, 0.2) is 0 Å². The molecule has 2 aliphatic rings. The minimum absolute atomic E-state index is 0.155. The number of carbonyl (C=O) groups is 1. The predicted octanol–water partition coefficient (Wildman–Crippen LogP) is 0.886. The standard InChI is InChI=1S/C10H16FNO2/c1-9(2,3)14-8(13)10(11)6-4-12-5-7(6)10/h6-7,12H,4-5H2,1-3H3/t6-,7+,10?. The Labute approximate surface area is 83.0 Å². The number of hydrogen-bond acceptors (Lipinski definition) is 3. The maximum atomic E-state index is 14.0. The first-order chi connectivity index (χ1) is 6.36. The molecule has 2 rings (SSSR count). The highest BCUT2D eigenvalue weighted by molar-refractivity contribution is 5.85. The van der Waals surface area contributed by atoms with Crippen LogP contribution in [0.5, 0.6) is 0 Å². The Balaban J connectivity index is 2.00. The van der Waals surface area contributed by atoms with Crippen LogP contribution in [0.2, 0.25) is 0 Å². The summed E-state index contributed by atoms with van der Waals surface area (Å²) in [6, 6.07) is 0. The molecule has 1 aliphatic carbocycles. The summed E-state index contributed by atoms with van der Waals surface area (Å²) in [5, 5.41) is 3.05. The summed E-state index contributed by atoms with van der Waals surface area (Å²) in [5.41, 5.74) is -2.29. The van der Waals surface area contributed by atoms with Gasteiger partial charge in [0.05, 0.1) is 0 Å². The van der Waals surface area contributed by atoms with Gasteiger partial charge in [0.2, 0.25) is 5.67 Å². The largest absolute Gasteiger partial charge is 0.458 e. The quantitative estimate of drug-likeness (QED) is 0.640. The monoisotopic (exact) mass is 201 g/mol. The molecule has 1 aliphatic heterocycles. The molecule has 0 amide bonds. The highest BCUT2D eigenvalue weighted by Gasteiger charge is 2.74. The van der Waals surface area contributed by atoms with Crippen molar-refractivity contribution < 1.29 is 13.9 Å². The van der Waals surface area contributed by atoms with E-state index in [1.807, 2.05) is 0 Å². The summed E-state index contributed by atoms with van der Waals surface area (Å²) in [6.07, 6.45) is 0. The zero-order chi connectivity index (χ0) is 10.6. The van der Waals surface area contributed by atoms with Crippen LogP contribution in [-0.2, 0) is 9.53 Å². The normalized spacial score (nSPS) is 40.6. The van der Waals surface area contributed by atoms with Crippen molar-refractivity contribution in [3.05, 3.63) is 0 Å². The highest BCUT2D eigenvalue weighted by Crippen LogP contribution is 2.56. The van der Waals surface area contributed by atoms with Gasteiger partial charge in [-0.15, -0.1) is 0 Å². The third-order valence-corrected chi connectivity index (χ3v) is 2.90. The van der Waals surface area contributed by atoms with Gasteiger partial charge in [0, 0.05) is 24.9 Å². The fraction of sp³-hybridized carbons (Fsp3) is 0.900. The second kappa shape index (κ2) is 2.69. The van der Waals surface area contributed by atoms with E-state index in [1.165, 1.54) is 0 Å². The smallest absolute Gasteiger partial charge is 0.345 e. The number of hydrogen-bond donors (Lipinski definition) is 1. The lowest BCUT2D eigenvalue weighted by Crippen LogP contribution is -2.36. The first kappa shape index (κ1) is 9.90. The van der Waals surface area contributed by atoms with E-state index in [0.29, 0.717) is 13.1 Å². The average Bonchev–Trinajstić information content (AvgIpc) is 2.47. The number of esters is 1. The van der Waals surface area contributed by atoms with E-state index < -0.39 is 17.2 Å². The van der Waals surface area contributed by atoms with Gasteiger partial charge >= 0.3 is 5.97 Å². The van der Waals surface area contributed by atoms with Gasteiger partial charge in [-0.05, 0) is 20.8 Å². The molecule has 0 aromatic heterocycles. The van der Waals surface area contributed by atoms with Crippen molar-refractivity contribution in [2.45, 2.75) is 32.0 Å². The molecule has 0 bridgehead atoms. The van der Waals surface area contributed by atoms with E-state index in [0.717, 1.165) is 0 Å². The number of halogens is 1. The number of fused-ring (bicyclic) bond motifs is 1. The zero-order valence-corrected chi connectivity index (χ0v) is 8.76. The van der Waals surface area contributed by atoms with Crippen molar-refractivity contribution >= 4 is 5.97 Å². The van der Waals surface area contributed by atoms with Gasteiger partial charge in [-0.1, -0.05) is 0 Å². The number of piperidine rings is 1. The molecule has 14 heavy (non-hydrogen) atoms. The van der Waals surface area contributed by atoms with E-state index in [-0.39, 0.29) is 11.8 Å². The molecule has 1 saturated heterocycles. The molecule has 1 saturated carbocycles. The topological polar surface area (TPSA) is 38.3 Å². The molecule has 0 aromatic carbocycles. The first-order valence-electron chi connectivity index (χ1n) is 4.99. The third-order valence-electron chi connectivity index (χ3n) is 2.90. The number of alkyl halides is 1. The van der Waals surface area contributed by atoms with Crippen molar-refractivity contribution in [2.24, 2.45) is 11.8 Å². The second-order valence-corrected chi connectivity index (χ2v) is 5.14. The molecule has 2 fully saturated rings. The molecule has 3 nitrogen and oxygen atoms in total. The van der Waals surface area contributed by atoms with Crippen LogP contribution < -0.4 is 5.32 Å². The van der Waals surface area contributed by atoms with Gasteiger partial charge in [0.1, 0.15) is 5.60 Å². The van der Waals surface area contributed by atoms with Crippen LogP contribution in [0.1, 0.15) is 20.8 Å². The number of rotatable bonds is 1. The minimum Gasteiger partial charge on any atom is -0.458 e. The molecule has 0 spiro atoms. The summed E-state index contributed by atoms with van der Waals surface area (Å²) in [7, 11) is 0. The first-order valence-corrected chi connectivity index (χ1v) is 4.99. The molecule has 3 atom stereocenters. The maximum absolute atomic E-state index is 14.0. The Hall–Kier alpha value is -0.640. The van der Waals surface area contributed by atoms with E-state index >= 15 is 0 Å². The van der Waals surface area contributed by atoms with Gasteiger partial charge in [-0.2, -0.15) is 0 Å². The summed E-state index contributed by atoms with van der Waals surface area (Å²) in [5.74, 6) is -0.990. The zero-order valence-electron chi connectivity index (χ0n) is 8.76. The van der Waals surface area contributed by atoms with Crippen LogP contribution in [0.15, 0.2) is 0 Å². The lowest BCUT2D eigenvalue weighted by Gasteiger charge is -2.22. The molecular formula is C10H16FNO2. The Morgan fingerprint density at radius 2 is 1.93 bits per heavy atom. The van der Waals surface area contributed by atoms with Crippen LogP contribution in [0, 0.1) is 11.8 Å². The summed E-state index contributed by atoms with van der Waals surface area (Å²) >= 11 is 0. The predicted molar refractivity (Wildman–Crippen MR) is 49.5 cm³/mol.